The first-order valence-electron chi connectivity index (χ1n) is 7.47. The smallest absolute Gasteiger partial charge is 0.226 e. The normalized spacial score (nSPS) is 42.9. The van der Waals surface area contributed by atoms with Gasteiger partial charge in [-0.25, -0.2) is 0 Å². The maximum atomic E-state index is 12.6. The van der Waals surface area contributed by atoms with Crippen LogP contribution in [0.3, 0.4) is 0 Å². The molecule has 0 heterocycles. The van der Waals surface area contributed by atoms with Crippen molar-refractivity contribution in [1.29, 1.82) is 0 Å². The molecule has 18 heavy (non-hydrogen) atoms. The molecule has 4 fully saturated rings. The number of rotatable bonds is 3. The van der Waals surface area contributed by atoms with Crippen LogP contribution in [0.15, 0.2) is 0 Å². The van der Waals surface area contributed by atoms with Crippen molar-refractivity contribution in [1.82, 2.24) is 4.90 Å². The van der Waals surface area contributed by atoms with E-state index in [1.807, 2.05) is 14.0 Å². The molecule has 1 N–H and O–H groups in total. The van der Waals surface area contributed by atoms with Crippen molar-refractivity contribution < 1.29 is 9.90 Å². The van der Waals surface area contributed by atoms with Crippen LogP contribution >= 0.6 is 0 Å². The highest BCUT2D eigenvalue weighted by atomic mass is 16.3. The van der Waals surface area contributed by atoms with Crippen LogP contribution in [0.1, 0.15) is 39.0 Å². The van der Waals surface area contributed by atoms with Gasteiger partial charge in [0.2, 0.25) is 5.91 Å². The van der Waals surface area contributed by atoms with Crippen LogP contribution in [0.2, 0.25) is 0 Å². The molecule has 1 amide bonds. The third-order valence-corrected chi connectivity index (χ3v) is 5.78. The Morgan fingerprint density at radius 2 is 1.67 bits per heavy atom. The maximum Gasteiger partial charge on any atom is 0.226 e. The minimum Gasteiger partial charge on any atom is -0.394 e. The van der Waals surface area contributed by atoms with Gasteiger partial charge < -0.3 is 10.0 Å². The average Bonchev–Trinajstić information content (AvgIpc) is 2.35. The zero-order chi connectivity index (χ0) is 12.9. The summed E-state index contributed by atoms with van der Waals surface area (Å²) < 4.78 is 0. The fourth-order valence-electron chi connectivity index (χ4n) is 4.90. The van der Waals surface area contributed by atoms with Crippen LogP contribution in [0.4, 0.5) is 0 Å². The first-order valence-corrected chi connectivity index (χ1v) is 7.47. The Morgan fingerprint density at radius 1 is 1.17 bits per heavy atom. The molecule has 0 saturated heterocycles. The SMILES string of the molecule is CC(CO)N(C)C(=O)C1C2CC3CC(C2)CC1C3. The lowest BCUT2D eigenvalue weighted by atomic mass is 9.51. The lowest BCUT2D eigenvalue weighted by Gasteiger charge is -2.54. The summed E-state index contributed by atoms with van der Waals surface area (Å²) in [4.78, 5) is 14.4. The van der Waals surface area contributed by atoms with E-state index in [9.17, 15) is 9.90 Å². The number of aliphatic hydroxyl groups excluding tert-OH is 1. The molecule has 0 aliphatic heterocycles. The molecule has 1 atom stereocenters. The number of carbonyl (C=O) groups excluding carboxylic acids is 1. The summed E-state index contributed by atoms with van der Waals surface area (Å²) in [5, 5.41) is 9.21. The fraction of sp³-hybridized carbons (Fsp3) is 0.933. The maximum absolute atomic E-state index is 12.6. The van der Waals surface area contributed by atoms with Gasteiger partial charge in [0.25, 0.3) is 0 Å². The van der Waals surface area contributed by atoms with Crippen LogP contribution in [0, 0.1) is 29.6 Å². The predicted octanol–water partition coefficient (Wildman–Crippen LogP) is 1.90. The third kappa shape index (κ3) is 1.87. The highest BCUT2D eigenvalue weighted by molar-refractivity contribution is 5.80. The molecular formula is C15H25NO2. The van der Waals surface area contributed by atoms with Gasteiger partial charge in [0.15, 0.2) is 0 Å². The molecule has 4 rings (SSSR count). The van der Waals surface area contributed by atoms with E-state index in [0.717, 1.165) is 11.8 Å². The second-order valence-electron chi connectivity index (χ2n) is 6.94. The van der Waals surface area contributed by atoms with Crippen molar-refractivity contribution in [3.8, 4) is 0 Å². The van der Waals surface area contributed by atoms with E-state index in [1.165, 1.54) is 32.1 Å². The zero-order valence-corrected chi connectivity index (χ0v) is 11.5. The molecule has 0 radical (unpaired) electrons. The minimum atomic E-state index is -0.0466. The monoisotopic (exact) mass is 251 g/mol. The van der Waals surface area contributed by atoms with Gasteiger partial charge in [0, 0.05) is 13.0 Å². The van der Waals surface area contributed by atoms with Crippen molar-refractivity contribution >= 4 is 5.91 Å². The molecule has 0 aromatic heterocycles. The largest absolute Gasteiger partial charge is 0.394 e. The summed E-state index contributed by atoms with van der Waals surface area (Å²) in [7, 11) is 1.86. The first-order chi connectivity index (χ1) is 8.60. The Balaban J connectivity index is 1.74. The molecule has 0 aromatic rings. The lowest BCUT2D eigenvalue weighted by molar-refractivity contribution is -0.150. The molecule has 4 aliphatic rings. The Kier molecular flexibility index (Phi) is 3.13. The summed E-state index contributed by atoms with van der Waals surface area (Å²) in [5.74, 6) is 3.67. The molecule has 4 saturated carbocycles. The van der Waals surface area contributed by atoms with Gasteiger partial charge in [-0.15, -0.1) is 0 Å². The third-order valence-electron chi connectivity index (χ3n) is 5.78. The zero-order valence-electron chi connectivity index (χ0n) is 11.5. The Labute approximate surface area is 110 Å². The molecule has 4 bridgehead atoms. The average molecular weight is 251 g/mol. The highest BCUT2D eigenvalue weighted by Crippen LogP contribution is 2.56. The van der Waals surface area contributed by atoms with E-state index in [2.05, 4.69) is 0 Å². The van der Waals surface area contributed by atoms with E-state index in [0.29, 0.717) is 17.7 Å². The van der Waals surface area contributed by atoms with E-state index in [1.54, 1.807) is 4.90 Å². The minimum absolute atomic E-state index is 0.0466. The first kappa shape index (κ1) is 12.5. The molecule has 102 valence electrons. The van der Waals surface area contributed by atoms with Crippen molar-refractivity contribution in [2.24, 2.45) is 29.6 Å². The molecule has 1 unspecified atom stereocenters. The number of carbonyl (C=O) groups is 1. The van der Waals surface area contributed by atoms with E-state index >= 15 is 0 Å². The molecule has 3 heteroatoms. The Morgan fingerprint density at radius 3 is 2.11 bits per heavy atom. The number of hydrogen-bond acceptors (Lipinski definition) is 2. The number of nitrogens with zero attached hydrogens (tertiary/aromatic N) is 1. The Hall–Kier alpha value is -0.570. The molecule has 3 nitrogen and oxygen atoms in total. The molecule has 0 spiro atoms. The number of amides is 1. The van der Waals surface area contributed by atoms with Crippen molar-refractivity contribution in [3.63, 3.8) is 0 Å². The van der Waals surface area contributed by atoms with Gasteiger partial charge in [-0.3, -0.25) is 4.79 Å². The van der Waals surface area contributed by atoms with Crippen LogP contribution in [0.5, 0.6) is 0 Å². The summed E-state index contributed by atoms with van der Waals surface area (Å²) >= 11 is 0. The summed E-state index contributed by atoms with van der Waals surface area (Å²) in [6.45, 7) is 1.99. The van der Waals surface area contributed by atoms with Gasteiger partial charge in [-0.05, 0) is 62.7 Å². The topological polar surface area (TPSA) is 40.5 Å². The van der Waals surface area contributed by atoms with Crippen molar-refractivity contribution in [2.45, 2.75) is 45.1 Å². The van der Waals surface area contributed by atoms with Crippen molar-refractivity contribution in [3.05, 3.63) is 0 Å². The number of aliphatic hydroxyl groups is 1. The second kappa shape index (κ2) is 4.52. The van der Waals surface area contributed by atoms with Crippen LogP contribution < -0.4 is 0 Å². The highest BCUT2D eigenvalue weighted by Gasteiger charge is 2.51. The van der Waals surface area contributed by atoms with Gasteiger partial charge >= 0.3 is 0 Å². The van der Waals surface area contributed by atoms with E-state index < -0.39 is 0 Å². The number of likely N-dealkylation sites (N-methyl/N-ethyl adjacent to an activating group) is 1. The molecular weight excluding hydrogens is 226 g/mol. The van der Waals surface area contributed by atoms with Crippen molar-refractivity contribution in [2.75, 3.05) is 13.7 Å². The molecule has 0 aromatic carbocycles. The van der Waals surface area contributed by atoms with Gasteiger partial charge in [-0.1, -0.05) is 0 Å². The fourth-order valence-corrected chi connectivity index (χ4v) is 4.90. The number of hydrogen-bond donors (Lipinski definition) is 1. The van der Waals surface area contributed by atoms with Gasteiger partial charge in [0.05, 0.1) is 12.6 Å². The van der Waals surface area contributed by atoms with Crippen LogP contribution in [-0.2, 0) is 4.79 Å². The summed E-state index contributed by atoms with van der Waals surface area (Å²) in [6, 6.07) is -0.0466. The van der Waals surface area contributed by atoms with Gasteiger partial charge in [-0.2, -0.15) is 0 Å². The van der Waals surface area contributed by atoms with Crippen LogP contribution in [-0.4, -0.2) is 35.6 Å². The van der Waals surface area contributed by atoms with E-state index in [4.69, 9.17) is 0 Å². The predicted molar refractivity (Wildman–Crippen MR) is 69.9 cm³/mol. The summed E-state index contributed by atoms with van der Waals surface area (Å²) in [5.41, 5.74) is 0. The Bertz CT molecular complexity index is 313. The summed E-state index contributed by atoms with van der Waals surface area (Å²) in [6.07, 6.45) is 6.56. The molecule has 4 aliphatic carbocycles. The second-order valence-corrected chi connectivity index (χ2v) is 6.94. The van der Waals surface area contributed by atoms with Crippen LogP contribution in [0.25, 0.3) is 0 Å². The quantitative estimate of drug-likeness (QED) is 0.832. The lowest BCUT2D eigenvalue weighted by Crippen LogP contribution is -2.53. The standard InChI is InChI=1S/C15H25NO2/c1-9(8-17)16(2)15(18)14-12-4-10-3-11(6-12)7-13(14)5-10/h9-14,17H,3-8H2,1-2H3. The van der Waals surface area contributed by atoms with E-state index in [-0.39, 0.29) is 18.6 Å². The van der Waals surface area contributed by atoms with Gasteiger partial charge in [0.1, 0.15) is 0 Å².